The molecule has 2 aromatic rings. The van der Waals surface area contributed by atoms with Crippen molar-refractivity contribution in [2.45, 2.75) is 38.6 Å². The number of likely N-dealkylation sites (tertiary alicyclic amines) is 1. The maximum atomic E-state index is 4.59. The Labute approximate surface area is 117 Å². The van der Waals surface area contributed by atoms with Crippen LogP contribution in [0.3, 0.4) is 0 Å². The molecule has 0 bridgehead atoms. The fourth-order valence-corrected chi connectivity index (χ4v) is 3.43. The molecule has 2 aromatic heterocycles. The van der Waals surface area contributed by atoms with E-state index in [0.29, 0.717) is 5.92 Å². The molecule has 0 spiro atoms. The smallest absolute Gasteiger partial charge is 0.155 e. The van der Waals surface area contributed by atoms with Gasteiger partial charge in [-0.15, -0.1) is 11.3 Å². The molecular weight excluding hydrogens is 256 g/mol. The van der Waals surface area contributed by atoms with Gasteiger partial charge in [0.2, 0.25) is 0 Å². The average Bonchev–Trinajstić information content (AvgIpc) is 3.09. The first-order valence-electron chi connectivity index (χ1n) is 7.01. The number of nitrogens with zero attached hydrogens (tertiary/aromatic N) is 3. The molecule has 0 aliphatic carbocycles. The monoisotopic (exact) mass is 276 g/mol. The second kappa shape index (κ2) is 5.84. The number of hydrogen-bond acceptors (Lipinski definition) is 4. The van der Waals surface area contributed by atoms with E-state index in [1.54, 1.807) is 0 Å². The van der Waals surface area contributed by atoms with Crippen molar-refractivity contribution in [1.82, 2.24) is 20.1 Å². The molecule has 1 N–H and O–H groups in total. The van der Waals surface area contributed by atoms with Crippen LogP contribution in [0.5, 0.6) is 0 Å². The van der Waals surface area contributed by atoms with Gasteiger partial charge in [0.05, 0.1) is 0 Å². The topological polar surface area (TPSA) is 44.8 Å². The van der Waals surface area contributed by atoms with Crippen molar-refractivity contribution in [3.63, 3.8) is 0 Å². The SMILES string of the molecule is CCc1nc([C@H]2CCCN(Cc3cccs3)C2)n[nH]1. The highest BCUT2D eigenvalue weighted by molar-refractivity contribution is 7.09. The van der Waals surface area contributed by atoms with Gasteiger partial charge in [-0.2, -0.15) is 5.10 Å². The summed E-state index contributed by atoms with van der Waals surface area (Å²) in [6.07, 6.45) is 3.38. The molecule has 0 amide bonds. The second-order valence-corrected chi connectivity index (χ2v) is 6.18. The molecule has 0 aromatic carbocycles. The molecule has 3 heterocycles. The molecule has 1 aliphatic heterocycles. The molecule has 1 atom stereocenters. The van der Waals surface area contributed by atoms with Gasteiger partial charge in [-0.1, -0.05) is 13.0 Å². The van der Waals surface area contributed by atoms with Gasteiger partial charge in [0, 0.05) is 30.3 Å². The number of thiophene rings is 1. The van der Waals surface area contributed by atoms with Crippen LogP contribution in [0.4, 0.5) is 0 Å². The third-order valence-electron chi connectivity index (χ3n) is 3.71. The molecule has 19 heavy (non-hydrogen) atoms. The summed E-state index contributed by atoms with van der Waals surface area (Å²) in [4.78, 5) is 8.57. The Morgan fingerprint density at radius 3 is 3.21 bits per heavy atom. The van der Waals surface area contributed by atoms with Gasteiger partial charge >= 0.3 is 0 Å². The van der Waals surface area contributed by atoms with Gasteiger partial charge < -0.3 is 0 Å². The van der Waals surface area contributed by atoms with Crippen molar-refractivity contribution in [2.75, 3.05) is 13.1 Å². The van der Waals surface area contributed by atoms with Gasteiger partial charge in [-0.05, 0) is 30.8 Å². The number of hydrogen-bond donors (Lipinski definition) is 1. The summed E-state index contributed by atoms with van der Waals surface area (Å²) in [5.74, 6) is 2.50. The lowest BCUT2D eigenvalue weighted by atomic mass is 9.97. The van der Waals surface area contributed by atoms with Crippen molar-refractivity contribution >= 4 is 11.3 Å². The summed E-state index contributed by atoms with van der Waals surface area (Å²) in [5.41, 5.74) is 0. The minimum absolute atomic E-state index is 0.491. The predicted molar refractivity (Wildman–Crippen MR) is 77.3 cm³/mol. The first-order valence-corrected chi connectivity index (χ1v) is 7.89. The highest BCUT2D eigenvalue weighted by Gasteiger charge is 2.24. The number of aromatic amines is 1. The first-order chi connectivity index (χ1) is 9.35. The van der Waals surface area contributed by atoms with Crippen molar-refractivity contribution in [3.05, 3.63) is 34.0 Å². The van der Waals surface area contributed by atoms with Gasteiger partial charge in [-0.3, -0.25) is 10.00 Å². The van der Waals surface area contributed by atoms with E-state index in [1.807, 2.05) is 11.3 Å². The Kier molecular flexibility index (Phi) is 3.94. The van der Waals surface area contributed by atoms with Gasteiger partial charge in [-0.25, -0.2) is 4.98 Å². The van der Waals surface area contributed by atoms with E-state index in [2.05, 4.69) is 44.5 Å². The van der Waals surface area contributed by atoms with Crippen LogP contribution >= 0.6 is 11.3 Å². The number of aromatic nitrogens is 3. The van der Waals surface area contributed by atoms with Crippen molar-refractivity contribution in [1.29, 1.82) is 0 Å². The largest absolute Gasteiger partial charge is 0.298 e. The van der Waals surface area contributed by atoms with E-state index in [-0.39, 0.29) is 0 Å². The predicted octanol–water partition coefficient (Wildman–Crippen LogP) is 2.81. The zero-order valence-electron chi connectivity index (χ0n) is 11.3. The second-order valence-electron chi connectivity index (χ2n) is 5.15. The summed E-state index contributed by atoms with van der Waals surface area (Å²) in [6, 6.07) is 4.35. The van der Waals surface area contributed by atoms with Crippen LogP contribution in [0, 0.1) is 0 Å². The highest BCUT2D eigenvalue weighted by atomic mass is 32.1. The first kappa shape index (κ1) is 12.8. The summed E-state index contributed by atoms with van der Waals surface area (Å²) in [7, 11) is 0. The van der Waals surface area contributed by atoms with Gasteiger partial charge in [0.15, 0.2) is 5.82 Å². The molecule has 0 saturated carbocycles. The Hall–Kier alpha value is -1.20. The van der Waals surface area contributed by atoms with Crippen molar-refractivity contribution in [3.8, 4) is 0 Å². The van der Waals surface area contributed by atoms with Crippen molar-refractivity contribution < 1.29 is 0 Å². The van der Waals surface area contributed by atoms with Gasteiger partial charge in [0.25, 0.3) is 0 Å². The lowest BCUT2D eigenvalue weighted by Gasteiger charge is -2.30. The van der Waals surface area contributed by atoms with E-state index in [1.165, 1.54) is 24.3 Å². The summed E-state index contributed by atoms with van der Waals surface area (Å²) in [5, 5.41) is 9.57. The van der Waals surface area contributed by atoms with E-state index in [4.69, 9.17) is 0 Å². The Balaban J connectivity index is 1.64. The Bertz CT molecular complexity index is 505. The minimum Gasteiger partial charge on any atom is -0.298 e. The van der Waals surface area contributed by atoms with Crippen LogP contribution in [0.2, 0.25) is 0 Å². The maximum Gasteiger partial charge on any atom is 0.155 e. The Morgan fingerprint density at radius 2 is 2.47 bits per heavy atom. The van der Waals surface area contributed by atoms with Crippen molar-refractivity contribution in [2.24, 2.45) is 0 Å². The number of nitrogens with one attached hydrogen (secondary N) is 1. The highest BCUT2D eigenvalue weighted by Crippen LogP contribution is 2.26. The minimum atomic E-state index is 0.491. The number of piperidine rings is 1. The van der Waals surface area contributed by atoms with Crippen LogP contribution in [0.15, 0.2) is 17.5 Å². The lowest BCUT2D eigenvalue weighted by molar-refractivity contribution is 0.198. The molecule has 1 fully saturated rings. The molecule has 0 unspecified atom stereocenters. The lowest BCUT2D eigenvalue weighted by Crippen LogP contribution is -2.34. The van der Waals surface area contributed by atoms with E-state index < -0.39 is 0 Å². The summed E-state index contributed by atoms with van der Waals surface area (Å²) in [6.45, 7) is 5.45. The number of rotatable bonds is 4. The van der Waals surface area contributed by atoms with E-state index >= 15 is 0 Å². The van der Waals surface area contributed by atoms with Crippen LogP contribution in [-0.4, -0.2) is 33.2 Å². The molecule has 5 heteroatoms. The number of H-pyrrole nitrogens is 1. The van der Waals surface area contributed by atoms with Crippen LogP contribution in [0.1, 0.15) is 42.2 Å². The molecule has 1 saturated heterocycles. The van der Waals surface area contributed by atoms with E-state index in [0.717, 1.165) is 31.2 Å². The van der Waals surface area contributed by atoms with Crippen LogP contribution in [-0.2, 0) is 13.0 Å². The average molecular weight is 276 g/mol. The van der Waals surface area contributed by atoms with Gasteiger partial charge in [0.1, 0.15) is 5.82 Å². The molecular formula is C14H20N4S. The molecule has 4 nitrogen and oxygen atoms in total. The molecule has 3 rings (SSSR count). The molecule has 102 valence electrons. The third kappa shape index (κ3) is 3.04. The fraction of sp³-hybridized carbons (Fsp3) is 0.571. The summed E-state index contributed by atoms with van der Waals surface area (Å²) >= 11 is 1.84. The van der Waals surface area contributed by atoms with Crippen LogP contribution in [0.25, 0.3) is 0 Å². The third-order valence-corrected chi connectivity index (χ3v) is 4.58. The molecule has 0 radical (unpaired) electrons. The fourth-order valence-electron chi connectivity index (χ4n) is 2.68. The van der Waals surface area contributed by atoms with Crippen LogP contribution < -0.4 is 0 Å². The normalized spacial score (nSPS) is 20.8. The number of aryl methyl sites for hydroxylation is 1. The quantitative estimate of drug-likeness (QED) is 0.934. The Morgan fingerprint density at radius 1 is 1.53 bits per heavy atom. The van der Waals surface area contributed by atoms with E-state index in [9.17, 15) is 0 Å². The molecule has 1 aliphatic rings. The maximum absolute atomic E-state index is 4.59. The standard InChI is InChI=1S/C14H20N4S/c1-2-13-15-14(17-16-13)11-5-3-7-18(9-11)10-12-6-4-8-19-12/h4,6,8,11H,2-3,5,7,9-10H2,1H3,(H,15,16,17)/t11-/m0/s1. The summed E-state index contributed by atoms with van der Waals surface area (Å²) < 4.78 is 0. The zero-order valence-corrected chi connectivity index (χ0v) is 12.1. The zero-order chi connectivity index (χ0) is 13.1.